The highest BCUT2D eigenvalue weighted by Crippen LogP contribution is 2.18. The van der Waals surface area contributed by atoms with Gasteiger partial charge in [-0.2, -0.15) is 5.10 Å². The number of anilines is 1. The summed E-state index contributed by atoms with van der Waals surface area (Å²) in [5, 5.41) is 6.29. The zero-order chi connectivity index (χ0) is 8.39. The van der Waals surface area contributed by atoms with E-state index in [1.165, 1.54) is 11.3 Å². The Kier molecular flexibility index (Phi) is 1.82. The van der Waals surface area contributed by atoms with Crippen LogP contribution in [0.5, 0.6) is 0 Å². The van der Waals surface area contributed by atoms with E-state index in [1.807, 2.05) is 11.2 Å². The predicted octanol–water partition coefficient (Wildman–Crippen LogP) is 2.19. The van der Waals surface area contributed by atoms with Crippen LogP contribution in [0.25, 0.3) is 0 Å². The Morgan fingerprint density at radius 1 is 1.42 bits per heavy atom. The van der Waals surface area contributed by atoms with Gasteiger partial charge < -0.3 is 0 Å². The van der Waals surface area contributed by atoms with E-state index >= 15 is 0 Å². The minimum atomic E-state index is 1.02. The van der Waals surface area contributed by atoms with Gasteiger partial charge in [0, 0.05) is 19.2 Å². The molecule has 0 N–H and O–H groups in total. The van der Waals surface area contributed by atoms with E-state index in [4.69, 9.17) is 0 Å². The first-order chi connectivity index (χ1) is 5.86. The van der Waals surface area contributed by atoms with Gasteiger partial charge in [0.2, 0.25) is 0 Å². The van der Waals surface area contributed by atoms with Crippen LogP contribution in [-0.2, 0) is 0 Å². The minimum absolute atomic E-state index is 1.02. The molecule has 0 saturated heterocycles. The molecule has 1 aromatic carbocycles. The number of hydrazone groups is 1. The van der Waals surface area contributed by atoms with Gasteiger partial charge in [0.1, 0.15) is 0 Å². The third-order valence-electron chi connectivity index (χ3n) is 1.99. The second-order valence-corrected chi connectivity index (χ2v) is 3.05. The van der Waals surface area contributed by atoms with E-state index in [-0.39, 0.29) is 0 Å². The van der Waals surface area contributed by atoms with E-state index in [1.54, 1.807) is 0 Å². The van der Waals surface area contributed by atoms with E-state index in [0.717, 1.165) is 13.0 Å². The van der Waals surface area contributed by atoms with Crippen LogP contribution in [0, 0.1) is 6.92 Å². The molecule has 12 heavy (non-hydrogen) atoms. The molecule has 0 radical (unpaired) electrons. The van der Waals surface area contributed by atoms with Crippen molar-refractivity contribution in [1.82, 2.24) is 0 Å². The van der Waals surface area contributed by atoms with Crippen molar-refractivity contribution in [3.05, 3.63) is 29.8 Å². The molecule has 0 saturated carbocycles. The van der Waals surface area contributed by atoms with Crippen LogP contribution in [0.15, 0.2) is 29.4 Å². The summed E-state index contributed by atoms with van der Waals surface area (Å²) < 4.78 is 0. The van der Waals surface area contributed by atoms with E-state index in [2.05, 4.69) is 36.3 Å². The summed E-state index contributed by atoms with van der Waals surface area (Å²) in [4.78, 5) is 0. The van der Waals surface area contributed by atoms with Crippen molar-refractivity contribution in [3.63, 3.8) is 0 Å². The average Bonchev–Trinajstić information content (AvgIpc) is 2.56. The Labute approximate surface area is 72.5 Å². The quantitative estimate of drug-likeness (QED) is 0.615. The molecule has 0 spiro atoms. The molecule has 0 atom stereocenters. The van der Waals surface area contributed by atoms with Gasteiger partial charge in [0.05, 0.1) is 5.69 Å². The van der Waals surface area contributed by atoms with E-state index < -0.39 is 0 Å². The molecule has 1 heterocycles. The van der Waals surface area contributed by atoms with Crippen molar-refractivity contribution in [1.29, 1.82) is 0 Å². The summed E-state index contributed by atoms with van der Waals surface area (Å²) in [6.07, 6.45) is 3.02. The standard InChI is InChI=1S/C10H12N2/c1-9-4-2-5-10(8-9)12-7-3-6-11-12/h2,4-6,8H,3,7H2,1H3. The zero-order valence-electron chi connectivity index (χ0n) is 7.20. The minimum Gasteiger partial charge on any atom is -0.265 e. The maximum absolute atomic E-state index is 4.26. The smallest absolute Gasteiger partial charge is 0.0596 e. The maximum atomic E-state index is 4.26. The second kappa shape index (κ2) is 2.97. The predicted molar refractivity (Wildman–Crippen MR) is 51.6 cm³/mol. The van der Waals surface area contributed by atoms with E-state index in [9.17, 15) is 0 Å². The molecule has 0 bridgehead atoms. The highest BCUT2D eigenvalue weighted by molar-refractivity contribution is 5.65. The summed E-state index contributed by atoms with van der Waals surface area (Å²) in [5.74, 6) is 0. The number of hydrogen-bond acceptors (Lipinski definition) is 2. The van der Waals surface area contributed by atoms with Crippen LogP contribution < -0.4 is 5.01 Å². The van der Waals surface area contributed by atoms with Crippen molar-refractivity contribution in [2.45, 2.75) is 13.3 Å². The zero-order valence-corrected chi connectivity index (χ0v) is 7.20. The topological polar surface area (TPSA) is 15.6 Å². The summed E-state index contributed by atoms with van der Waals surface area (Å²) in [6, 6.07) is 8.42. The summed E-state index contributed by atoms with van der Waals surface area (Å²) in [6.45, 7) is 3.12. The largest absolute Gasteiger partial charge is 0.265 e. The molecule has 1 aliphatic heterocycles. The maximum Gasteiger partial charge on any atom is 0.0596 e. The molecule has 0 unspecified atom stereocenters. The first-order valence-electron chi connectivity index (χ1n) is 4.23. The fourth-order valence-corrected chi connectivity index (χ4v) is 1.38. The normalized spacial score (nSPS) is 15.6. The first-order valence-corrected chi connectivity index (χ1v) is 4.23. The molecule has 2 nitrogen and oxygen atoms in total. The monoisotopic (exact) mass is 160 g/mol. The van der Waals surface area contributed by atoms with Gasteiger partial charge in [-0.25, -0.2) is 0 Å². The Balaban J connectivity index is 2.27. The summed E-state index contributed by atoms with van der Waals surface area (Å²) in [5.41, 5.74) is 2.48. The number of benzene rings is 1. The number of aryl methyl sites for hydroxylation is 1. The van der Waals surface area contributed by atoms with Crippen LogP contribution in [0.2, 0.25) is 0 Å². The van der Waals surface area contributed by atoms with Crippen molar-refractivity contribution >= 4 is 11.9 Å². The molecule has 62 valence electrons. The molecular formula is C10H12N2. The lowest BCUT2D eigenvalue weighted by Crippen LogP contribution is -2.11. The van der Waals surface area contributed by atoms with Gasteiger partial charge in [-0.1, -0.05) is 12.1 Å². The fourth-order valence-electron chi connectivity index (χ4n) is 1.38. The number of nitrogens with zero attached hydrogens (tertiary/aromatic N) is 2. The third-order valence-corrected chi connectivity index (χ3v) is 1.99. The Hall–Kier alpha value is -1.31. The molecule has 0 aromatic heterocycles. The molecule has 1 aliphatic rings. The van der Waals surface area contributed by atoms with Crippen molar-refractivity contribution in [3.8, 4) is 0 Å². The van der Waals surface area contributed by atoms with Crippen LogP contribution in [0.1, 0.15) is 12.0 Å². The molecular weight excluding hydrogens is 148 g/mol. The summed E-state index contributed by atoms with van der Waals surface area (Å²) in [7, 11) is 0. The molecule has 2 rings (SSSR count). The highest BCUT2D eigenvalue weighted by atomic mass is 15.5. The SMILES string of the molecule is Cc1cccc(N2CCC=N2)c1. The average molecular weight is 160 g/mol. The van der Waals surface area contributed by atoms with E-state index in [0.29, 0.717) is 0 Å². The first kappa shape index (κ1) is 7.35. The Bertz CT molecular complexity index is 304. The lowest BCUT2D eigenvalue weighted by Gasteiger charge is -2.13. The molecule has 0 aliphatic carbocycles. The molecule has 0 fully saturated rings. The van der Waals surface area contributed by atoms with Crippen molar-refractivity contribution in [2.24, 2.45) is 5.10 Å². The Morgan fingerprint density at radius 2 is 2.33 bits per heavy atom. The molecule has 0 amide bonds. The fraction of sp³-hybridized carbons (Fsp3) is 0.300. The third kappa shape index (κ3) is 1.33. The highest BCUT2D eigenvalue weighted by Gasteiger charge is 2.07. The lowest BCUT2D eigenvalue weighted by molar-refractivity contribution is 0.921. The molecule has 1 aromatic rings. The second-order valence-electron chi connectivity index (χ2n) is 3.05. The van der Waals surface area contributed by atoms with Crippen LogP contribution in [-0.4, -0.2) is 12.8 Å². The number of rotatable bonds is 1. The van der Waals surface area contributed by atoms with Gasteiger partial charge in [0.15, 0.2) is 0 Å². The van der Waals surface area contributed by atoms with Gasteiger partial charge in [-0.3, -0.25) is 5.01 Å². The van der Waals surface area contributed by atoms with Gasteiger partial charge in [-0.15, -0.1) is 0 Å². The van der Waals surface area contributed by atoms with Crippen molar-refractivity contribution in [2.75, 3.05) is 11.6 Å². The van der Waals surface area contributed by atoms with Crippen LogP contribution in [0.3, 0.4) is 0 Å². The summed E-state index contributed by atoms with van der Waals surface area (Å²) >= 11 is 0. The van der Waals surface area contributed by atoms with Gasteiger partial charge in [0.25, 0.3) is 0 Å². The Morgan fingerprint density at radius 3 is 3.00 bits per heavy atom. The van der Waals surface area contributed by atoms with Crippen molar-refractivity contribution < 1.29 is 0 Å². The van der Waals surface area contributed by atoms with Crippen LogP contribution in [0.4, 0.5) is 5.69 Å². The van der Waals surface area contributed by atoms with Crippen LogP contribution >= 0.6 is 0 Å². The van der Waals surface area contributed by atoms with Gasteiger partial charge in [-0.05, 0) is 24.6 Å². The number of hydrogen-bond donors (Lipinski definition) is 0. The molecule has 2 heteroatoms. The lowest BCUT2D eigenvalue weighted by atomic mass is 10.2. The van der Waals surface area contributed by atoms with Gasteiger partial charge >= 0.3 is 0 Å².